The zero-order chi connectivity index (χ0) is 12.3. The maximum Gasteiger partial charge on any atom is 0.252 e. The van der Waals surface area contributed by atoms with Crippen LogP contribution in [0.15, 0.2) is 29.9 Å². The standard InChI is InChI=1S/C12H11IN2OS/c1-8-3-2-4-10(11(8)13)12(16)15-6-9-5-14-7-17-9/h2-5,7H,6H2,1H3,(H,15,16). The molecule has 0 atom stereocenters. The fraction of sp³-hybridized carbons (Fsp3) is 0.167. The van der Waals surface area contributed by atoms with Crippen LogP contribution in [0.4, 0.5) is 0 Å². The average Bonchev–Trinajstić information content (AvgIpc) is 2.82. The van der Waals surface area contributed by atoms with Crippen LogP contribution < -0.4 is 5.32 Å². The maximum absolute atomic E-state index is 12.0. The van der Waals surface area contributed by atoms with E-state index in [9.17, 15) is 4.79 Å². The van der Waals surface area contributed by atoms with Gasteiger partial charge in [-0.2, -0.15) is 0 Å². The number of benzene rings is 1. The largest absolute Gasteiger partial charge is 0.347 e. The highest BCUT2D eigenvalue weighted by Gasteiger charge is 2.10. The van der Waals surface area contributed by atoms with Crippen molar-refractivity contribution in [1.29, 1.82) is 0 Å². The van der Waals surface area contributed by atoms with Crippen molar-refractivity contribution in [3.8, 4) is 0 Å². The Morgan fingerprint density at radius 1 is 1.53 bits per heavy atom. The molecule has 0 unspecified atom stereocenters. The van der Waals surface area contributed by atoms with Gasteiger partial charge < -0.3 is 5.32 Å². The van der Waals surface area contributed by atoms with Crippen molar-refractivity contribution in [2.45, 2.75) is 13.5 Å². The van der Waals surface area contributed by atoms with Gasteiger partial charge in [0.15, 0.2) is 0 Å². The number of nitrogens with zero attached hydrogens (tertiary/aromatic N) is 1. The lowest BCUT2D eigenvalue weighted by Crippen LogP contribution is -2.23. The van der Waals surface area contributed by atoms with Gasteiger partial charge in [0, 0.05) is 14.6 Å². The molecule has 0 radical (unpaired) electrons. The Morgan fingerprint density at radius 2 is 2.35 bits per heavy atom. The smallest absolute Gasteiger partial charge is 0.252 e. The number of nitrogens with one attached hydrogen (secondary N) is 1. The van der Waals surface area contributed by atoms with Gasteiger partial charge in [-0.05, 0) is 41.1 Å². The summed E-state index contributed by atoms with van der Waals surface area (Å²) in [7, 11) is 0. The van der Waals surface area contributed by atoms with Gasteiger partial charge in [0.2, 0.25) is 0 Å². The first-order chi connectivity index (χ1) is 8.18. The van der Waals surface area contributed by atoms with E-state index in [4.69, 9.17) is 0 Å². The summed E-state index contributed by atoms with van der Waals surface area (Å²) in [4.78, 5) is 17.0. The summed E-state index contributed by atoms with van der Waals surface area (Å²) in [5, 5.41) is 2.90. The minimum Gasteiger partial charge on any atom is -0.347 e. The third-order valence-electron chi connectivity index (χ3n) is 2.34. The van der Waals surface area contributed by atoms with Crippen molar-refractivity contribution in [3.05, 3.63) is 49.5 Å². The summed E-state index contributed by atoms with van der Waals surface area (Å²) in [5.41, 5.74) is 3.61. The molecule has 1 aromatic heterocycles. The molecule has 0 saturated heterocycles. The quantitative estimate of drug-likeness (QED) is 0.858. The summed E-state index contributed by atoms with van der Waals surface area (Å²) in [6.07, 6.45) is 1.77. The van der Waals surface area contributed by atoms with Crippen LogP contribution in [0.2, 0.25) is 0 Å². The van der Waals surface area contributed by atoms with Gasteiger partial charge in [0.1, 0.15) is 0 Å². The monoisotopic (exact) mass is 358 g/mol. The summed E-state index contributed by atoms with van der Waals surface area (Å²) in [6, 6.07) is 5.75. The van der Waals surface area contributed by atoms with Crippen LogP contribution in [0.1, 0.15) is 20.8 Å². The molecule has 88 valence electrons. The third kappa shape index (κ3) is 3.04. The highest BCUT2D eigenvalue weighted by molar-refractivity contribution is 14.1. The molecule has 2 rings (SSSR count). The van der Waals surface area contributed by atoms with Gasteiger partial charge >= 0.3 is 0 Å². The van der Waals surface area contributed by atoms with E-state index in [2.05, 4.69) is 32.9 Å². The number of carbonyl (C=O) groups excluding carboxylic acids is 1. The number of aromatic nitrogens is 1. The molecule has 5 heteroatoms. The molecule has 1 N–H and O–H groups in total. The van der Waals surface area contributed by atoms with Gasteiger partial charge in [0.25, 0.3) is 5.91 Å². The Balaban J connectivity index is 2.07. The van der Waals surface area contributed by atoms with E-state index in [1.54, 1.807) is 11.7 Å². The number of aryl methyl sites for hydroxylation is 1. The number of hydrogen-bond donors (Lipinski definition) is 1. The second-order valence-corrected chi connectivity index (χ2v) is 5.64. The minimum absolute atomic E-state index is 0.0356. The molecule has 1 amide bonds. The molecule has 3 nitrogen and oxygen atoms in total. The SMILES string of the molecule is Cc1cccc(C(=O)NCc2cncs2)c1I. The van der Waals surface area contributed by atoms with Gasteiger partial charge in [-0.15, -0.1) is 11.3 Å². The molecule has 0 aliphatic heterocycles. The van der Waals surface area contributed by atoms with Gasteiger partial charge in [-0.1, -0.05) is 12.1 Å². The van der Waals surface area contributed by atoms with Crippen molar-refractivity contribution in [1.82, 2.24) is 10.3 Å². The number of halogens is 1. The Morgan fingerprint density at radius 3 is 3.06 bits per heavy atom. The second-order valence-electron chi connectivity index (χ2n) is 3.59. The fourth-order valence-electron chi connectivity index (χ4n) is 1.41. The molecule has 0 saturated carbocycles. The van der Waals surface area contributed by atoms with Gasteiger partial charge in [0.05, 0.1) is 17.6 Å². The summed E-state index contributed by atoms with van der Waals surface area (Å²) < 4.78 is 1.01. The molecule has 0 bridgehead atoms. The maximum atomic E-state index is 12.0. The molecular weight excluding hydrogens is 347 g/mol. The minimum atomic E-state index is -0.0356. The molecule has 2 aromatic rings. The van der Waals surface area contributed by atoms with Crippen LogP contribution in [-0.2, 0) is 6.54 Å². The van der Waals surface area contributed by atoms with Crippen molar-refractivity contribution in [2.24, 2.45) is 0 Å². The third-order valence-corrected chi connectivity index (χ3v) is 4.55. The number of carbonyl (C=O) groups is 1. The van der Waals surface area contributed by atoms with Crippen molar-refractivity contribution >= 4 is 39.8 Å². The van der Waals surface area contributed by atoms with Crippen LogP contribution in [-0.4, -0.2) is 10.9 Å². The van der Waals surface area contributed by atoms with Crippen molar-refractivity contribution in [2.75, 3.05) is 0 Å². The highest BCUT2D eigenvalue weighted by atomic mass is 127. The van der Waals surface area contributed by atoms with Crippen molar-refractivity contribution in [3.63, 3.8) is 0 Å². The Bertz CT molecular complexity index is 525. The first-order valence-corrected chi connectivity index (χ1v) is 7.05. The number of hydrogen-bond acceptors (Lipinski definition) is 3. The molecule has 0 spiro atoms. The molecular formula is C12H11IN2OS. The highest BCUT2D eigenvalue weighted by Crippen LogP contribution is 2.16. The van der Waals surface area contributed by atoms with Gasteiger partial charge in [-0.25, -0.2) is 0 Å². The molecule has 0 fully saturated rings. The molecule has 17 heavy (non-hydrogen) atoms. The first kappa shape index (κ1) is 12.5. The van der Waals surface area contributed by atoms with Gasteiger partial charge in [-0.3, -0.25) is 9.78 Å². The Hall–Kier alpha value is -0.950. The average molecular weight is 358 g/mol. The zero-order valence-corrected chi connectivity index (χ0v) is 12.2. The van der Waals surface area contributed by atoms with Crippen LogP contribution in [0, 0.1) is 10.5 Å². The van der Waals surface area contributed by atoms with E-state index in [-0.39, 0.29) is 5.91 Å². The normalized spacial score (nSPS) is 10.2. The van der Waals surface area contributed by atoms with Crippen molar-refractivity contribution < 1.29 is 4.79 Å². The Labute approximate surface area is 117 Å². The van der Waals surface area contributed by atoms with E-state index < -0.39 is 0 Å². The predicted octanol–water partition coefficient (Wildman–Crippen LogP) is 2.99. The van der Waals surface area contributed by atoms with E-state index in [0.29, 0.717) is 6.54 Å². The van der Waals surface area contributed by atoms with Crippen LogP contribution >= 0.6 is 33.9 Å². The fourth-order valence-corrected chi connectivity index (χ4v) is 2.55. The molecule has 0 aliphatic carbocycles. The van der Waals surface area contributed by atoms with E-state index in [1.165, 1.54) is 11.3 Å². The topological polar surface area (TPSA) is 42.0 Å². The summed E-state index contributed by atoms with van der Waals surface area (Å²) in [5.74, 6) is -0.0356. The number of thiazole rings is 1. The lowest BCUT2D eigenvalue weighted by molar-refractivity contribution is 0.0950. The van der Waals surface area contributed by atoms with E-state index in [0.717, 1.165) is 19.6 Å². The Kier molecular flexibility index (Phi) is 4.11. The molecule has 1 aromatic carbocycles. The summed E-state index contributed by atoms with van der Waals surface area (Å²) in [6.45, 7) is 2.54. The van der Waals surface area contributed by atoms with E-state index >= 15 is 0 Å². The van der Waals surface area contributed by atoms with Crippen LogP contribution in [0.5, 0.6) is 0 Å². The zero-order valence-electron chi connectivity index (χ0n) is 9.24. The van der Waals surface area contributed by atoms with Crippen LogP contribution in [0.3, 0.4) is 0 Å². The van der Waals surface area contributed by atoms with Crippen LogP contribution in [0.25, 0.3) is 0 Å². The number of rotatable bonds is 3. The first-order valence-electron chi connectivity index (χ1n) is 5.09. The molecule has 0 aliphatic rings. The lowest BCUT2D eigenvalue weighted by atomic mass is 10.1. The second kappa shape index (κ2) is 5.59. The number of amides is 1. The molecule has 1 heterocycles. The summed E-state index contributed by atoms with van der Waals surface area (Å²) >= 11 is 3.74. The predicted molar refractivity (Wildman–Crippen MR) is 77.2 cm³/mol. The van der Waals surface area contributed by atoms with E-state index in [1.807, 2.05) is 25.1 Å². The lowest BCUT2D eigenvalue weighted by Gasteiger charge is -2.07.